The molecule has 0 aliphatic carbocycles. The highest BCUT2D eigenvalue weighted by molar-refractivity contribution is 5.95. The summed E-state index contributed by atoms with van der Waals surface area (Å²) in [7, 11) is 0. The largest absolute Gasteiger partial charge is 0.469 e. The summed E-state index contributed by atoms with van der Waals surface area (Å²) in [5.41, 5.74) is 1.43. The van der Waals surface area contributed by atoms with E-state index >= 15 is 0 Å². The van der Waals surface area contributed by atoms with Gasteiger partial charge in [0.25, 0.3) is 5.91 Å². The highest BCUT2D eigenvalue weighted by Gasteiger charge is 2.14. The predicted molar refractivity (Wildman–Crippen MR) is 74.3 cm³/mol. The minimum absolute atomic E-state index is 0.00121. The number of rotatable bonds is 6. The number of nitrogens with one attached hydrogen (secondary N) is 1. The molecular formula is C15H18N2O3. The molecule has 20 heavy (non-hydrogen) atoms. The molecule has 0 saturated carbocycles. The van der Waals surface area contributed by atoms with E-state index < -0.39 is 0 Å². The second-order valence-electron chi connectivity index (χ2n) is 4.67. The van der Waals surface area contributed by atoms with Gasteiger partial charge in [0.2, 0.25) is 0 Å². The molecule has 0 radical (unpaired) electrons. The zero-order valence-electron chi connectivity index (χ0n) is 11.4. The lowest BCUT2D eigenvalue weighted by molar-refractivity contribution is 0.0938. The Morgan fingerprint density at radius 2 is 2.30 bits per heavy atom. The van der Waals surface area contributed by atoms with E-state index in [2.05, 4.69) is 10.3 Å². The van der Waals surface area contributed by atoms with Gasteiger partial charge in [0.15, 0.2) is 0 Å². The molecule has 0 aliphatic rings. The van der Waals surface area contributed by atoms with Crippen LogP contribution in [0.1, 0.15) is 21.8 Å². The van der Waals surface area contributed by atoms with E-state index in [9.17, 15) is 9.90 Å². The van der Waals surface area contributed by atoms with Gasteiger partial charge in [0, 0.05) is 31.0 Å². The van der Waals surface area contributed by atoms with Crippen LogP contribution in [0, 0.1) is 12.8 Å². The summed E-state index contributed by atoms with van der Waals surface area (Å²) in [6.45, 7) is 2.14. The predicted octanol–water partition coefficient (Wildman–Crippen LogP) is 1.56. The maximum Gasteiger partial charge on any atom is 0.254 e. The molecule has 0 bridgehead atoms. The molecule has 5 heteroatoms. The first-order valence-electron chi connectivity index (χ1n) is 6.53. The lowest BCUT2D eigenvalue weighted by Crippen LogP contribution is -2.32. The summed E-state index contributed by atoms with van der Waals surface area (Å²) in [6, 6.07) is 7.30. The van der Waals surface area contributed by atoms with Gasteiger partial charge < -0.3 is 14.8 Å². The lowest BCUT2D eigenvalue weighted by atomic mass is 10.0. The van der Waals surface area contributed by atoms with Crippen molar-refractivity contribution >= 4 is 5.91 Å². The number of amides is 1. The quantitative estimate of drug-likeness (QED) is 0.838. The van der Waals surface area contributed by atoms with E-state index in [1.54, 1.807) is 19.2 Å². The molecular weight excluding hydrogens is 256 g/mol. The van der Waals surface area contributed by atoms with E-state index in [-0.39, 0.29) is 18.4 Å². The van der Waals surface area contributed by atoms with E-state index in [1.807, 2.05) is 18.2 Å². The Labute approximate surface area is 117 Å². The minimum atomic E-state index is -0.185. The van der Waals surface area contributed by atoms with Crippen LogP contribution in [0.2, 0.25) is 0 Å². The fourth-order valence-electron chi connectivity index (χ4n) is 1.97. The Kier molecular flexibility index (Phi) is 4.90. The SMILES string of the molecule is Cc1occc1C(=O)NCC(CO)Cc1ccccn1. The van der Waals surface area contributed by atoms with Crippen LogP contribution in [0.5, 0.6) is 0 Å². The zero-order valence-corrected chi connectivity index (χ0v) is 11.4. The number of nitrogens with zero attached hydrogens (tertiary/aromatic N) is 1. The average Bonchev–Trinajstić information content (AvgIpc) is 2.90. The molecule has 1 amide bonds. The summed E-state index contributed by atoms with van der Waals surface area (Å²) in [5, 5.41) is 12.2. The number of aliphatic hydroxyl groups excluding tert-OH is 1. The molecule has 2 aromatic rings. The molecule has 0 saturated heterocycles. The second-order valence-corrected chi connectivity index (χ2v) is 4.67. The smallest absolute Gasteiger partial charge is 0.254 e. The van der Waals surface area contributed by atoms with Crippen LogP contribution >= 0.6 is 0 Å². The molecule has 2 aromatic heterocycles. The summed E-state index contributed by atoms with van der Waals surface area (Å²) in [6.07, 6.45) is 3.83. The van der Waals surface area contributed by atoms with Gasteiger partial charge in [0.05, 0.1) is 11.8 Å². The highest BCUT2D eigenvalue weighted by atomic mass is 16.3. The number of pyridine rings is 1. The van der Waals surface area contributed by atoms with Gasteiger partial charge in [-0.1, -0.05) is 6.07 Å². The second kappa shape index (κ2) is 6.86. The van der Waals surface area contributed by atoms with Crippen LogP contribution in [-0.4, -0.2) is 29.1 Å². The van der Waals surface area contributed by atoms with Crippen LogP contribution < -0.4 is 5.32 Å². The molecule has 1 atom stereocenters. The molecule has 2 rings (SSSR count). The lowest BCUT2D eigenvalue weighted by Gasteiger charge is -2.14. The normalized spacial score (nSPS) is 12.1. The first-order chi connectivity index (χ1) is 9.70. The van der Waals surface area contributed by atoms with Gasteiger partial charge >= 0.3 is 0 Å². The number of aryl methyl sites for hydroxylation is 1. The van der Waals surface area contributed by atoms with E-state index in [1.165, 1.54) is 6.26 Å². The Morgan fingerprint density at radius 1 is 1.45 bits per heavy atom. The van der Waals surface area contributed by atoms with Crippen molar-refractivity contribution in [1.82, 2.24) is 10.3 Å². The van der Waals surface area contributed by atoms with Crippen LogP contribution in [0.3, 0.4) is 0 Å². The number of hydrogen-bond donors (Lipinski definition) is 2. The number of carbonyl (C=O) groups is 1. The fourth-order valence-corrected chi connectivity index (χ4v) is 1.97. The zero-order chi connectivity index (χ0) is 14.4. The van der Waals surface area contributed by atoms with Gasteiger partial charge in [0.1, 0.15) is 5.76 Å². The van der Waals surface area contributed by atoms with Gasteiger partial charge in [-0.3, -0.25) is 9.78 Å². The molecule has 5 nitrogen and oxygen atoms in total. The molecule has 1 unspecified atom stereocenters. The number of aromatic nitrogens is 1. The first-order valence-corrected chi connectivity index (χ1v) is 6.53. The standard InChI is InChI=1S/C15H18N2O3/c1-11-14(5-7-20-11)15(19)17-9-12(10-18)8-13-4-2-3-6-16-13/h2-7,12,18H,8-10H2,1H3,(H,17,19). The van der Waals surface area contributed by atoms with Crippen molar-refractivity contribution < 1.29 is 14.3 Å². The van der Waals surface area contributed by atoms with Crippen molar-refractivity contribution in [2.45, 2.75) is 13.3 Å². The Bertz CT molecular complexity index is 551. The van der Waals surface area contributed by atoms with Crippen molar-refractivity contribution in [2.75, 3.05) is 13.2 Å². The van der Waals surface area contributed by atoms with E-state index in [0.29, 0.717) is 24.3 Å². The maximum absolute atomic E-state index is 11.9. The molecule has 2 heterocycles. The summed E-state index contributed by atoms with van der Waals surface area (Å²) in [5.74, 6) is 0.351. The topological polar surface area (TPSA) is 75.4 Å². The number of aliphatic hydroxyl groups is 1. The number of furan rings is 1. The van der Waals surface area contributed by atoms with Crippen molar-refractivity contribution in [1.29, 1.82) is 0 Å². The summed E-state index contributed by atoms with van der Waals surface area (Å²) < 4.78 is 5.09. The van der Waals surface area contributed by atoms with Crippen molar-refractivity contribution in [3.8, 4) is 0 Å². The first kappa shape index (κ1) is 14.3. The Balaban J connectivity index is 1.88. The van der Waals surface area contributed by atoms with Crippen molar-refractivity contribution in [3.63, 3.8) is 0 Å². The fraction of sp³-hybridized carbons (Fsp3) is 0.333. The van der Waals surface area contributed by atoms with Crippen LogP contribution in [-0.2, 0) is 6.42 Å². The molecule has 0 aromatic carbocycles. The van der Waals surface area contributed by atoms with Crippen molar-refractivity contribution in [3.05, 3.63) is 53.7 Å². The van der Waals surface area contributed by atoms with Gasteiger partial charge in [-0.15, -0.1) is 0 Å². The number of hydrogen-bond acceptors (Lipinski definition) is 4. The highest BCUT2D eigenvalue weighted by Crippen LogP contribution is 2.09. The molecule has 2 N–H and O–H groups in total. The third-order valence-corrected chi connectivity index (χ3v) is 3.14. The van der Waals surface area contributed by atoms with E-state index in [4.69, 9.17) is 4.42 Å². The molecule has 0 aliphatic heterocycles. The third-order valence-electron chi connectivity index (χ3n) is 3.14. The van der Waals surface area contributed by atoms with Crippen molar-refractivity contribution in [2.24, 2.45) is 5.92 Å². The molecule has 0 fully saturated rings. The molecule has 0 spiro atoms. The van der Waals surface area contributed by atoms with Crippen LogP contribution in [0.4, 0.5) is 0 Å². The third kappa shape index (κ3) is 3.68. The minimum Gasteiger partial charge on any atom is -0.469 e. The van der Waals surface area contributed by atoms with Gasteiger partial charge in [-0.25, -0.2) is 0 Å². The number of carbonyl (C=O) groups excluding carboxylic acids is 1. The van der Waals surface area contributed by atoms with Crippen LogP contribution in [0.25, 0.3) is 0 Å². The van der Waals surface area contributed by atoms with E-state index in [0.717, 1.165) is 5.69 Å². The van der Waals surface area contributed by atoms with Gasteiger partial charge in [-0.05, 0) is 31.5 Å². The van der Waals surface area contributed by atoms with Gasteiger partial charge in [-0.2, -0.15) is 0 Å². The molecule has 106 valence electrons. The maximum atomic E-state index is 11.9. The summed E-state index contributed by atoms with van der Waals surface area (Å²) >= 11 is 0. The Morgan fingerprint density at radius 3 is 2.90 bits per heavy atom. The van der Waals surface area contributed by atoms with Crippen LogP contribution in [0.15, 0.2) is 41.1 Å². The Hall–Kier alpha value is -2.14. The monoisotopic (exact) mass is 274 g/mol. The summed E-state index contributed by atoms with van der Waals surface area (Å²) in [4.78, 5) is 16.1. The average molecular weight is 274 g/mol.